The molecule has 1 saturated carbocycles. The molecule has 0 amide bonds. The summed E-state index contributed by atoms with van der Waals surface area (Å²) in [6, 6.07) is 0. The Morgan fingerprint density at radius 1 is 1.24 bits per heavy atom. The molecule has 0 radical (unpaired) electrons. The first-order valence-corrected chi connectivity index (χ1v) is 8.25. The lowest BCUT2D eigenvalue weighted by Crippen LogP contribution is -2.41. The van der Waals surface area contributed by atoms with Gasteiger partial charge in [-0.15, -0.1) is 0 Å². The standard InChI is InChI=1S/C14H27NOS/c1-14(2)7-4-11(13(14)16)10-15-8-5-12(17-3)6-9-15/h11-13,16H,4-10H2,1-3H3. The lowest BCUT2D eigenvalue weighted by Gasteiger charge is -2.34. The van der Waals surface area contributed by atoms with Crippen LogP contribution in [0, 0.1) is 11.3 Å². The number of likely N-dealkylation sites (tertiary alicyclic amines) is 1. The zero-order chi connectivity index (χ0) is 12.5. The largest absolute Gasteiger partial charge is 0.392 e. The van der Waals surface area contributed by atoms with Gasteiger partial charge in [-0.1, -0.05) is 13.8 Å². The molecule has 1 heterocycles. The molecule has 2 unspecified atom stereocenters. The molecule has 2 rings (SSSR count). The van der Waals surface area contributed by atoms with Gasteiger partial charge in [-0.2, -0.15) is 11.8 Å². The molecule has 2 nitrogen and oxygen atoms in total. The van der Waals surface area contributed by atoms with Gasteiger partial charge in [-0.3, -0.25) is 0 Å². The van der Waals surface area contributed by atoms with Gasteiger partial charge in [0.05, 0.1) is 6.10 Å². The summed E-state index contributed by atoms with van der Waals surface area (Å²) in [5.41, 5.74) is 0.141. The minimum absolute atomic E-state index is 0.0965. The number of thioether (sulfide) groups is 1. The van der Waals surface area contributed by atoms with Crippen molar-refractivity contribution in [2.45, 2.75) is 50.9 Å². The van der Waals surface area contributed by atoms with Crippen LogP contribution in [0.15, 0.2) is 0 Å². The molecule has 0 aromatic heterocycles. The molecular weight excluding hydrogens is 230 g/mol. The van der Waals surface area contributed by atoms with Crippen LogP contribution in [0.4, 0.5) is 0 Å². The van der Waals surface area contributed by atoms with Gasteiger partial charge in [0, 0.05) is 11.8 Å². The van der Waals surface area contributed by atoms with E-state index in [4.69, 9.17) is 0 Å². The topological polar surface area (TPSA) is 23.5 Å². The molecule has 0 spiro atoms. The van der Waals surface area contributed by atoms with E-state index in [1.165, 1.54) is 38.8 Å². The highest BCUT2D eigenvalue weighted by molar-refractivity contribution is 7.99. The van der Waals surface area contributed by atoms with E-state index in [0.717, 1.165) is 11.8 Å². The fourth-order valence-corrected chi connectivity index (χ4v) is 4.03. The predicted molar refractivity (Wildman–Crippen MR) is 75.5 cm³/mol. The Bertz CT molecular complexity index is 249. The van der Waals surface area contributed by atoms with Crippen LogP contribution in [-0.2, 0) is 0 Å². The first kappa shape index (κ1) is 13.7. The maximum Gasteiger partial charge on any atom is 0.0631 e. The second kappa shape index (κ2) is 5.50. The van der Waals surface area contributed by atoms with Crippen LogP contribution in [-0.4, -0.2) is 47.3 Å². The number of hydrogen-bond acceptors (Lipinski definition) is 3. The van der Waals surface area contributed by atoms with Gasteiger partial charge in [0.25, 0.3) is 0 Å². The van der Waals surface area contributed by atoms with E-state index >= 15 is 0 Å². The maximum absolute atomic E-state index is 10.3. The van der Waals surface area contributed by atoms with Crippen LogP contribution < -0.4 is 0 Å². The molecule has 100 valence electrons. The molecule has 0 aromatic carbocycles. The summed E-state index contributed by atoms with van der Waals surface area (Å²) in [6.07, 6.45) is 7.17. The van der Waals surface area contributed by atoms with Crippen molar-refractivity contribution in [3.8, 4) is 0 Å². The third kappa shape index (κ3) is 3.18. The van der Waals surface area contributed by atoms with Gasteiger partial charge in [0.2, 0.25) is 0 Å². The SMILES string of the molecule is CSC1CCN(CC2CCC(C)(C)C2O)CC1. The Kier molecular flexibility index (Phi) is 4.43. The summed E-state index contributed by atoms with van der Waals surface area (Å²) in [6.45, 7) is 7.99. The van der Waals surface area contributed by atoms with E-state index in [0.29, 0.717) is 5.92 Å². The number of aliphatic hydroxyl groups is 1. The smallest absolute Gasteiger partial charge is 0.0631 e. The van der Waals surface area contributed by atoms with E-state index < -0.39 is 0 Å². The van der Waals surface area contributed by atoms with Crippen molar-refractivity contribution in [3.05, 3.63) is 0 Å². The highest BCUT2D eigenvalue weighted by Gasteiger charge is 2.41. The maximum atomic E-state index is 10.3. The highest BCUT2D eigenvalue weighted by Crippen LogP contribution is 2.41. The Hall–Kier alpha value is 0.270. The van der Waals surface area contributed by atoms with Crippen molar-refractivity contribution < 1.29 is 5.11 Å². The van der Waals surface area contributed by atoms with Crippen molar-refractivity contribution in [1.82, 2.24) is 4.90 Å². The highest BCUT2D eigenvalue weighted by atomic mass is 32.2. The first-order chi connectivity index (χ1) is 8.03. The molecule has 0 bridgehead atoms. The monoisotopic (exact) mass is 257 g/mol. The third-order valence-corrected chi connectivity index (χ3v) is 5.91. The Morgan fingerprint density at radius 3 is 2.35 bits per heavy atom. The van der Waals surface area contributed by atoms with E-state index in [1.807, 2.05) is 11.8 Å². The number of nitrogens with zero attached hydrogens (tertiary/aromatic N) is 1. The van der Waals surface area contributed by atoms with Crippen LogP contribution in [0.3, 0.4) is 0 Å². The Morgan fingerprint density at radius 2 is 1.88 bits per heavy atom. The third-order valence-electron chi connectivity index (χ3n) is 4.77. The number of piperidine rings is 1. The molecule has 1 aliphatic heterocycles. The van der Waals surface area contributed by atoms with Crippen LogP contribution in [0.25, 0.3) is 0 Å². The van der Waals surface area contributed by atoms with Crippen molar-refractivity contribution in [1.29, 1.82) is 0 Å². The minimum Gasteiger partial charge on any atom is -0.392 e. The van der Waals surface area contributed by atoms with Crippen molar-refractivity contribution in [3.63, 3.8) is 0 Å². The van der Waals surface area contributed by atoms with Crippen LogP contribution in [0.1, 0.15) is 39.5 Å². The van der Waals surface area contributed by atoms with Gasteiger partial charge < -0.3 is 10.0 Å². The zero-order valence-electron chi connectivity index (χ0n) is 11.5. The summed E-state index contributed by atoms with van der Waals surface area (Å²) in [4.78, 5) is 2.57. The minimum atomic E-state index is -0.0965. The second-order valence-corrected chi connectivity index (χ2v) is 7.61. The van der Waals surface area contributed by atoms with E-state index in [9.17, 15) is 5.11 Å². The molecule has 2 fully saturated rings. The fraction of sp³-hybridized carbons (Fsp3) is 1.00. The molecule has 2 aliphatic rings. The molecule has 1 saturated heterocycles. The predicted octanol–water partition coefficient (Wildman–Crippen LogP) is 2.61. The number of aliphatic hydroxyl groups excluding tert-OH is 1. The molecule has 0 aromatic rings. The van der Waals surface area contributed by atoms with Gasteiger partial charge in [-0.25, -0.2) is 0 Å². The quantitative estimate of drug-likeness (QED) is 0.841. The molecule has 17 heavy (non-hydrogen) atoms. The first-order valence-electron chi connectivity index (χ1n) is 6.96. The van der Waals surface area contributed by atoms with Gasteiger partial charge in [-0.05, 0) is 56.4 Å². The molecule has 2 atom stereocenters. The summed E-state index contributed by atoms with van der Waals surface area (Å²) in [7, 11) is 0. The van der Waals surface area contributed by atoms with Gasteiger partial charge in [0.15, 0.2) is 0 Å². The molecule has 1 aliphatic carbocycles. The molecular formula is C14H27NOS. The van der Waals surface area contributed by atoms with E-state index in [2.05, 4.69) is 25.0 Å². The fourth-order valence-electron chi connectivity index (χ4n) is 3.35. The Labute approximate surface area is 110 Å². The normalized spacial score (nSPS) is 35.3. The van der Waals surface area contributed by atoms with E-state index in [1.54, 1.807) is 0 Å². The second-order valence-electron chi connectivity index (χ2n) is 6.47. The summed E-state index contributed by atoms with van der Waals surface area (Å²) >= 11 is 2.01. The average Bonchev–Trinajstić information content (AvgIpc) is 2.57. The zero-order valence-corrected chi connectivity index (χ0v) is 12.3. The van der Waals surface area contributed by atoms with Gasteiger partial charge >= 0.3 is 0 Å². The van der Waals surface area contributed by atoms with Crippen LogP contribution in [0.5, 0.6) is 0 Å². The van der Waals surface area contributed by atoms with Crippen molar-refractivity contribution >= 4 is 11.8 Å². The summed E-state index contributed by atoms with van der Waals surface area (Å²) in [5.74, 6) is 0.510. The Balaban J connectivity index is 1.79. The van der Waals surface area contributed by atoms with Crippen molar-refractivity contribution in [2.24, 2.45) is 11.3 Å². The van der Waals surface area contributed by atoms with Crippen LogP contribution in [0.2, 0.25) is 0 Å². The number of rotatable bonds is 3. The molecule has 1 N–H and O–H groups in total. The lowest BCUT2D eigenvalue weighted by molar-refractivity contribution is 0.0305. The summed E-state index contributed by atoms with van der Waals surface area (Å²) < 4.78 is 0. The summed E-state index contributed by atoms with van der Waals surface area (Å²) in [5, 5.41) is 11.2. The lowest BCUT2D eigenvalue weighted by atomic mass is 9.87. The van der Waals surface area contributed by atoms with Crippen molar-refractivity contribution in [2.75, 3.05) is 25.9 Å². The van der Waals surface area contributed by atoms with Gasteiger partial charge in [0.1, 0.15) is 0 Å². The number of hydrogen-bond donors (Lipinski definition) is 1. The average molecular weight is 257 g/mol. The van der Waals surface area contributed by atoms with Crippen LogP contribution >= 0.6 is 11.8 Å². The molecule has 3 heteroatoms. The van der Waals surface area contributed by atoms with E-state index in [-0.39, 0.29) is 11.5 Å².